The fourth-order valence-corrected chi connectivity index (χ4v) is 6.37. The number of hydrogen-bond acceptors (Lipinski definition) is 6. The molecular weight excluding hydrogens is 484 g/mol. The summed E-state index contributed by atoms with van der Waals surface area (Å²) < 4.78 is 34.0. The summed E-state index contributed by atoms with van der Waals surface area (Å²) in [6.07, 6.45) is 0. The minimum atomic E-state index is -3.61. The van der Waals surface area contributed by atoms with Crippen LogP contribution in [0.1, 0.15) is 21.6 Å². The van der Waals surface area contributed by atoms with Gasteiger partial charge in [-0.2, -0.15) is 21.2 Å². The fourth-order valence-electron chi connectivity index (χ4n) is 3.80. The predicted molar refractivity (Wildman–Crippen MR) is 128 cm³/mol. The van der Waals surface area contributed by atoms with Crippen LogP contribution in [-0.2, 0) is 26.3 Å². The minimum Gasteiger partial charge on any atom is -0.379 e. The molecule has 1 aromatic heterocycles. The van der Waals surface area contributed by atoms with Crippen LogP contribution in [0.5, 0.6) is 0 Å². The third kappa shape index (κ3) is 4.41. The first-order valence-electron chi connectivity index (χ1n) is 10.4. The maximum atomic E-state index is 13.1. The van der Waals surface area contributed by atoms with Gasteiger partial charge >= 0.3 is 0 Å². The van der Waals surface area contributed by atoms with Gasteiger partial charge in [0.05, 0.1) is 29.5 Å². The summed E-state index contributed by atoms with van der Waals surface area (Å²) in [7, 11) is -3.61. The highest BCUT2D eigenvalue weighted by atomic mass is 35.5. The molecule has 1 amide bonds. The zero-order valence-corrected chi connectivity index (χ0v) is 19.9. The van der Waals surface area contributed by atoms with Gasteiger partial charge in [0.15, 0.2) is 0 Å². The third-order valence-corrected chi connectivity index (χ3v) is 8.71. The highest BCUT2D eigenvalue weighted by Crippen LogP contribution is 2.36. The SMILES string of the molecule is O=C(Nc1c2c(nn1-c1ccc(Cl)cc1)CSC2)c1ccc(S(=O)(=O)N2CCOCC2)cc1. The molecule has 2 aliphatic heterocycles. The lowest BCUT2D eigenvalue weighted by molar-refractivity contribution is 0.0730. The Bertz CT molecular complexity index is 1290. The van der Waals surface area contributed by atoms with Crippen molar-refractivity contribution in [2.45, 2.75) is 16.4 Å². The molecule has 3 heterocycles. The van der Waals surface area contributed by atoms with Crippen LogP contribution in [0.4, 0.5) is 5.82 Å². The van der Waals surface area contributed by atoms with E-state index in [9.17, 15) is 13.2 Å². The van der Waals surface area contributed by atoms with E-state index in [1.807, 2.05) is 12.1 Å². The average Bonchev–Trinajstić information content (AvgIpc) is 3.43. The summed E-state index contributed by atoms with van der Waals surface area (Å²) in [5.74, 6) is 1.83. The first-order valence-corrected chi connectivity index (χ1v) is 13.3. The van der Waals surface area contributed by atoms with Gasteiger partial charge in [0.25, 0.3) is 5.91 Å². The van der Waals surface area contributed by atoms with Crippen molar-refractivity contribution in [3.63, 3.8) is 0 Å². The monoisotopic (exact) mass is 504 g/mol. The molecule has 33 heavy (non-hydrogen) atoms. The maximum Gasteiger partial charge on any atom is 0.256 e. The number of hydrogen-bond donors (Lipinski definition) is 1. The van der Waals surface area contributed by atoms with E-state index in [1.165, 1.54) is 28.6 Å². The van der Waals surface area contributed by atoms with E-state index in [4.69, 9.17) is 16.3 Å². The van der Waals surface area contributed by atoms with Gasteiger partial charge in [-0.05, 0) is 48.5 Å². The molecule has 1 fully saturated rings. The number of anilines is 1. The summed E-state index contributed by atoms with van der Waals surface area (Å²) in [5.41, 5.74) is 3.09. The molecule has 2 aromatic carbocycles. The lowest BCUT2D eigenvalue weighted by Crippen LogP contribution is -2.40. The van der Waals surface area contributed by atoms with Crippen molar-refractivity contribution in [1.29, 1.82) is 0 Å². The van der Waals surface area contributed by atoms with Crippen molar-refractivity contribution in [1.82, 2.24) is 14.1 Å². The van der Waals surface area contributed by atoms with E-state index in [0.717, 1.165) is 28.5 Å². The topological polar surface area (TPSA) is 93.5 Å². The first-order chi connectivity index (χ1) is 15.9. The molecule has 11 heteroatoms. The number of rotatable bonds is 5. The Kier molecular flexibility index (Phi) is 6.19. The van der Waals surface area contributed by atoms with Gasteiger partial charge in [-0.1, -0.05) is 11.6 Å². The van der Waals surface area contributed by atoms with E-state index >= 15 is 0 Å². The van der Waals surface area contributed by atoms with Crippen LogP contribution in [0.15, 0.2) is 53.4 Å². The summed E-state index contributed by atoms with van der Waals surface area (Å²) in [4.78, 5) is 13.2. The zero-order chi connectivity index (χ0) is 23.0. The van der Waals surface area contributed by atoms with Gasteiger partial charge < -0.3 is 10.1 Å². The van der Waals surface area contributed by atoms with Crippen LogP contribution in [0.25, 0.3) is 5.69 Å². The van der Waals surface area contributed by atoms with Crippen molar-refractivity contribution >= 4 is 45.1 Å². The Morgan fingerprint density at radius 3 is 2.42 bits per heavy atom. The largest absolute Gasteiger partial charge is 0.379 e. The van der Waals surface area contributed by atoms with E-state index < -0.39 is 10.0 Å². The number of sulfonamides is 1. The normalized spacial score (nSPS) is 16.5. The van der Waals surface area contributed by atoms with Crippen LogP contribution in [0.3, 0.4) is 0 Å². The van der Waals surface area contributed by atoms with E-state index in [2.05, 4.69) is 10.4 Å². The Balaban J connectivity index is 1.40. The number of carbonyl (C=O) groups is 1. The van der Waals surface area contributed by atoms with E-state index in [-0.39, 0.29) is 10.8 Å². The predicted octanol–water partition coefficient (Wildman–Crippen LogP) is 3.55. The molecule has 0 radical (unpaired) electrons. The van der Waals surface area contributed by atoms with Crippen molar-refractivity contribution < 1.29 is 17.9 Å². The second-order valence-corrected chi connectivity index (χ2v) is 11.0. The number of ether oxygens (including phenoxy) is 1. The Labute approximate surface area is 200 Å². The van der Waals surface area contributed by atoms with Crippen LogP contribution < -0.4 is 5.32 Å². The Morgan fingerprint density at radius 2 is 1.73 bits per heavy atom. The quantitative estimate of drug-likeness (QED) is 0.571. The van der Waals surface area contributed by atoms with Crippen molar-refractivity contribution in [2.75, 3.05) is 31.6 Å². The molecule has 1 N–H and O–H groups in total. The van der Waals surface area contributed by atoms with Crippen molar-refractivity contribution in [3.05, 3.63) is 70.4 Å². The number of morpholine rings is 1. The molecule has 0 aliphatic carbocycles. The number of nitrogens with one attached hydrogen (secondary N) is 1. The summed E-state index contributed by atoms with van der Waals surface area (Å²) in [6.45, 7) is 1.40. The lowest BCUT2D eigenvalue weighted by Gasteiger charge is -2.26. The van der Waals surface area contributed by atoms with Crippen LogP contribution in [0, 0.1) is 0 Å². The van der Waals surface area contributed by atoms with Gasteiger partial charge in [0.2, 0.25) is 10.0 Å². The summed E-state index contributed by atoms with van der Waals surface area (Å²) in [6, 6.07) is 13.2. The first kappa shape index (κ1) is 22.4. The molecule has 0 spiro atoms. The number of nitrogens with zero attached hydrogens (tertiary/aromatic N) is 3. The van der Waals surface area contributed by atoms with Crippen LogP contribution in [-0.4, -0.2) is 54.7 Å². The molecule has 8 nitrogen and oxygen atoms in total. The van der Waals surface area contributed by atoms with Gasteiger partial charge in [-0.3, -0.25) is 4.79 Å². The summed E-state index contributed by atoms with van der Waals surface area (Å²) in [5, 5.41) is 8.28. The highest BCUT2D eigenvalue weighted by Gasteiger charge is 2.27. The van der Waals surface area contributed by atoms with Gasteiger partial charge in [0, 0.05) is 40.7 Å². The second-order valence-electron chi connectivity index (χ2n) is 7.65. The van der Waals surface area contributed by atoms with Gasteiger partial charge in [-0.15, -0.1) is 0 Å². The highest BCUT2D eigenvalue weighted by molar-refractivity contribution is 7.98. The van der Waals surface area contributed by atoms with Crippen LogP contribution >= 0.6 is 23.4 Å². The number of aromatic nitrogens is 2. The van der Waals surface area contributed by atoms with Crippen molar-refractivity contribution in [3.8, 4) is 5.69 Å². The molecule has 3 aromatic rings. The summed E-state index contributed by atoms with van der Waals surface area (Å²) >= 11 is 7.76. The molecule has 0 atom stereocenters. The molecule has 0 saturated carbocycles. The van der Waals surface area contributed by atoms with Gasteiger partial charge in [-0.25, -0.2) is 13.1 Å². The maximum absolute atomic E-state index is 13.1. The Morgan fingerprint density at radius 1 is 1.03 bits per heavy atom. The average molecular weight is 505 g/mol. The third-order valence-electron chi connectivity index (χ3n) is 5.58. The lowest BCUT2D eigenvalue weighted by atomic mass is 10.2. The molecule has 1 saturated heterocycles. The Hall–Kier alpha value is -2.37. The molecule has 0 unspecified atom stereocenters. The number of halogens is 1. The number of benzene rings is 2. The number of fused-ring (bicyclic) bond motifs is 1. The second kappa shape index (κ2) is 9.11. The zero-order valence-electron chi connectivity index (χ0n) is 17.5. The molecule has 172 valence electrons. The van der Waals surface area contributed by atoms with E-state index in [1.54, 1.807) is 28.6 Å². The molecular formula is C22H21ClN4O4S2. The van der Waals surface area contributed by atoms with Crippen LogP contribution in [0.2, 0.25) is 5.02 Å². The molecule has 5 rings (SSSR count). The smallest absolute Gasteiger partial charge is 0.256 e. The number of thioether (sulfide) groups is 1. The number of amides is 1. The fraction of sp³-hybridized carbons (Fsp3) is 0.273. The minimum absolute atomic E-state index is 0.157. The van der Waals surface area contributed by atoms with E-state index in [0.29, 0.717) is 42.7 Å². The van der Waals surface area contributed by atoms with Crippen molar-refractivity contribution in [2.24, 2.45) is 0 Å². The molecule has 2 aliphatic rings. The molecule has 0 bridgehead atoms. The standard InChI is InChI=1S/C22H21ClN4O4S2/c23-16-3-5-17(6-4-16)27-21(19-13-32-14-20(19)25-27)24-22(28)15-1-7-18(8-2-15)33(29,30)26-9-11-31-12-10-26/h1-8H,9-14H2,(H,24,28). The van der Waals surface area contributed by atoms with Gasteiger partial charge in [0.1, 0.15) is 5.82 Å². The number of carbonyl (C=O) groups excluding carboxylic acids is 1.